The minimum Gasteiger partial charge on any atom is -0.486 e. The molecule has 32 heavy (non-hydrogen) atoms. The SMILES string of the molecule is CNC(=O)CCn1ncc2cc(OC3CCc4cccc(-c5ccnc(C)c5)c43)ccc21. The van der Waals surface area contributed by atoms with Crippen molar-refractivity contribution in [3.63, 3.8) is 0 Å². The standard InChI is InChI=1S/C26H26N4O2/c1-17-14-19(10-12-28-17)22-5-3-4-18-6-9-24(26(18)22)32-21-7-8-23-20(15-21)16-29-30(23)13-11-25(31)27-2/h3-5,7-8,10,12,14-16,24H,6,9,11,13H2,1-2H3,(H,27,31). The van der Waals surface area contributed by atoms with E-state index >= 15 is 0 Å². The number of amides is 1. The highest BCUT2D eigenvalue weighted by atomic mass is 16.5. The smallest absolute Gasteiger partial charge is 0.221 e. The molecule has 1 aliphatic carbocycles. The molecule has 0 aliphatic heterocycles. The van der Waals surface area contributed by atoms with Crippen LogP contribution < -0.4 is 10.1 Å². The predicted molar refractivity (Wildman–Crippen MR) is 125 cm³/mol. The quantitative estimate of drug-likeness (QED) is 0.489. The summed E-state index contributed by atoms with van der Waals surface area (Å²) in [5, 5.41) is 8.11. The number of rotatable bonds is 6. The average molecular weight is 427 g/mol. The summed E-state index contributed by atoms with van der Waals surface area (Å²) in [5.74, 6) is 0.843. The van der Waals surface area contributed by atoms with E-state index in [-0.39, 0.29) is 12.0 Å². The van der Waals surface area contributed by atoms with Crippen LogP contribution in [-0.2, 0) is 17.8 Å². The van der Waals surface area contributed by atoms with Gasteiger partial charge in [-0.25, -0.2) is 0 Å². The van der Waals surface area contributed by atoms with Crippen LogP contribution in [-0.4, -0.2) is 27.7 Å². The third kappa shape index (κ3) is 3.84. The van der Waals surface area contributed by atoms with E-state index < -0.39 is 0 Å². The molecule has 1 unspecified atom stereocenters. The highest BCUT2D eigenvalue weighted by Crippen LogP contribution is 2.41. The lowest BCUT2D eigenvalue weighted by Gasteiger charge is -2.19. The van der Waals surface area contributed by atoms with E-state index in [2.05, 4.69) is 45.7 Å². The maximum absolute atomic E-state index is 11.6. The van der Waals surface area contributed by atoms with Crippen LogP contribution in [0.4, 0.5) is 0 Å². The van der Waals surface area contributed by atoms with Crippen molar-refractivity contribution in [3.05, 3.63) is 77.7 Å². The van der Waals surface area contributed by atoms with Gasteiger partial charge >= 0.3 is 0 Å². The monoisotopic (exact) mass is 426 g/mol. The number of aromatic nitrogens is 3. The van der Waals surface area contributed by atoms with Crippen LogP contribution in [0.2, 0.25) is 0 Å². The van der Waals surface area contributed by atoms with Gasteiger partial charge in [-0.05, 0) is 66.8 Å². The van der Waals surface area contributed by atoms with E-state index in [1.165, 1.54) is 22.3 Å². The molecular formula is C26H26N4O2. The van der Waals surface area contributed by atoms with Gasteiger partial charge in [0.1, 0.15) is 11.9 Å². The largest absolute Gasteiger partial charge is 0.486 e. The molecule has 0 radical (unpaired) electrons. The first-order valence-corrected chi connectivity index (χ1v) is 11.0. The number of fused-ring (bicyclic) bond motifs is 2. The van der Waals surface area contributed by atoms with Crippen molar-refractivity contribution in [1.82, 2.24) is 20.1 Å². The summed E-state index contributed by atoms with van der Waals surface area (Å²) in [7, 11) is 1.65. The van der Waals surface area contributed by atoms with E-state index in [9.17, 15) is 4.79 Å². The summed E-state index contributed by atoms with van der Waals surface area (Å²) < 4.78 is 8.37. The summed E-state index contributed by atoms with van der Waals surface area (Å²) in [6, 6.07) is 16.8. The van der Waals surface area contributed by atoms with E-state index in [4.69, 9.17) is 4.74 Å². The van der Waals surface area contributed by atoms with Gasteiger partial charge in [0.05, 0.1) is 18.3 Å². The van der Waals surface area contributed by atoms with Gasteiger partial charge in [-0.15, -0.1) is 0 Å². The first-order valence-electron chi connectivity index (χ1n) is 11.0. The summed E-state index contributed by atoms with van der Waals surface area (Å²) in [6.45, 7) is 2.57. The molecule has 2 heterocycles. The van der Waals surface area contributed by atoms with Gasteiger partial charge in [0.2, 0.25) is 5.91 Å². The molecule has 6 heteroatoms. The van der Waals surface area contributed by atoms with Gasteiger partial charge in [-0.3, -0.25) is 14.5 Å². The molecule has 0 bridgehead atoms. The number of hydrogen-bond donors (Lipinski definition) is 1. The van der Waals surface area contributed by atoms with Gasteiger partial charge in [0.15, 0.2) is 0 Å². The Bertz CT molecular complexity index is 1290. The lowest BCUT2D eigenvalue weighted by Crippen LogP contribution is -2.19. The molecule has 1 N–H and O–H groups in total. The lowest BCUT2D eigenvalue weighted by molar-refractivity contribution is -0.120. The van der Waals surface area contributed by atoms with Crippen LogP contribution in [0.1, 0.15) is 35.8 Å². The Balaban J connectivity index is 1.41. The zero-order valence-electron chi connectivity index (χ0n) is 18.3. The van der Waals surface area contributed by atoms with E-state index in [0.29, 0.717) is 13.0 Å². The Morgan fingerprint density at radius 3 is 2.97 bits per heavy atom. The molecule has 1 atom stereocenters. The zero-order chi connectivity index (χ0) is 22.1. The van der Waals surface area contributed by atoms with Gasteiger partial charge in [-0.1, -0.05) is 18.2 Å². The minimum absolute atomic E-state index is 0.00805. The fourth-order valence-corrected chi connectivity index (χ4v) is 4.54. The number of carbonyl (C=O) groups excluding carboxylic acids is 1. The molecule has 1 aliphatic rings. The number of benzene rings is 2. The van der Waals surface area contributed by atoms with Crippen molar-refractivity contribution in [3.8, 4) is 16.9 Å². The van der Waals surface area contributed by atoms with E-state index in [1.54, 1.807) is 7.05 Å². The number of pyridine rings is 1. The molecule has 4 aromatic rings. The molecule has 2 aromatic carbocycles. The molecule has 2 aromatic heterocycles. The molecule has 0 fully saturated rings. The third-order valence-electron chi connectivity index (χ3n) is 6.12. The lowest BCUT2D eigenvalue weighted by atomic mass is 9.96. The van der Waals surface area contributed by atoms with Gasteiger partial charge in [0.25, 0.3) is 0 Å². The van der Waals surface area contributed by atoms with E-state index in [1.807, 2.05) is 42.2 Å². The molecule has 0 saturated heterocycles. The highest BCUT2D eigenvalue weighted by molar-refractivity contribution is 5.81. The molecular weight excluding hydrogens is 400 g/mol. The number of hydrogen-bond acceptors (Lipinski definition) is 4. The Kier molecular flexibility index (Phi) is 5.35. The summed E-state index contributed by atoms with van der Waals surface area (Å²) >= 11 is 0. The number of carbonyl (C=O) groups is 1. The van der Waals surface area contributed by atoms with Crippen LogP contribution in [0.5, 0.6) is 5.75 Å². The minimum atomic E-state index is 0.00805. The van der Waals surface area contributed by atoms with Gasteiger partial charge < -0.3 is 10.1 Å². The summed E-state index contributed by atoms with van der Waals surface area (Å²) in [5.41, 5.74) is 7.04. The van der Waals surface area contributed by atoms with Crippen molar-refractivity contribution in [2.75, 3.05) is 7.05 Å². The Hall–Kier alpha value is -3.67. The van der Waals surface area contributed by atoms with Crippen LogP contribution in [0.3, 0.4) is 0 Å². The maximum atomic E-state index is 11.6. The molecule has 6 nitrogen and oxygen atoms in total. The van der Waals surface area contributed by atoms with Gasteiger partial charge in [0, 0.05) is 36.3 Å². The number of aryl methyl sites for hydroxylation is 3. The predicted octanol–water partition coefficient (Wildman–Crippen LogP) is 4.61. The molecule has 162 valence electrons. The fraction of sp³-hybridized carbons (Fsp3) is 0.269. The van der Waals surface area contributed by atoms with Crippen molar-refractivity contribution in [2.24, 2.45) is 0 Å². The Morgan fingerprint density at radius 1 is 1.22 bits per heavy atom. The number of ether oxygens (including phenoxy) is 1. The topological polar surface area (TPSA) is 69.0 Å². The van der Waals surface area contributed by atoms with Crippen molar-refractivity contribution < 1.29 is 9.53 Å². The average Bonchev–Trinajstić information content (AvgIpc) is 3.41. The molecule has 0 saturated carbocycles. The number of nitrogens with one attached hydrogen (secondary N) is 1. The van der Waals surface area contributed by atoms with Gasteiger partial charge in [-0.2, -0.15) is 5.10 Å². The Morgan fingerprint density at radius 2 is 2.12 bits per heavy atom. The van der Waals surface area contributed by atoms with Crippen LogP contribution in [0, 0.1) is 6.92 Å². The van der Waals surface area contributed by atoms with Crippen molar-refractivity contribution in [2.45, 2.75) is 38.8 Å². The highest BCUT2D eigenvalue weighted by Gasteiger charge is 2.27. The first kappa shape index (κ1) is 20.2. The second kappa shape index (κ2) is 8.46. The molecule has 1 amide bonds. The fourth-order valence-electron chi connectivity index (χ4n) is 4.54. The number of nitrogens with zero attached hydrogens (tertiary/aromatic N) is 3. The van der Waals surface area contributed by atoms with Crippen LogP contribution in [0.25, 0.3) is 22.0 Å². The first-order chi connectivity index (χ1) is 15.6. The second-order valence-corrected chi connectivity index (χ2v) is 8.22. The van der Waals surface area contributed by atoms with Crippen molar-refractivity contribution >= 4 is 16.8 Å². The second-order valence-electron chi connectivity index (χ2n) is 8.22. The van der Waals surface area contributed by atoms with Crippen LogP contribution in [0.15, 0.2) is 60.9 Å². The normalized spacial score (nSPS) is 15.0. The van der Waals surface area contributed by atoms with Crippen LogP contribution >= 0.6 is 0 Å². The van der Waals surface area contributed by atoms with E-state index in [0.717, 1.165) is 35.2 Å². The molecule has 5 rings (SSSR count). The summed E-state index contributed by atoms with van der Waals surface area (Å²) in [4.78, 5) is 15.9. The zero-order valence-corrected chi connectivity index (χ0v) is 18.3. The Labute approximate surface area is 187 Å². The third-order valence-corrected chi connectivity index (χ3v) is 6.12. The summed E-state index contributed by atoms with van der Waals surface area (Å²) in [6.07, 6.45) is 6.08. The maximum Gasteiger partial charge on any atom is 0.221 e. The molecule has 0 spiro atoms. The van der Waals surface area contributed by atoms with Crippen molar-refractivity contribution in [1.29, 1.82) is 0 Å².